The quantitative estimate of drug-likeness (QED) is 0.0994. The Hall–Kier alpha value is -10.3. The Bertz CT molecular complexity index is 4300. The third kappa shape index (κ3) is 11.3. The van der Waals surface area contributed by atoms with Gasteiger partial charge in [0.05, 0.1) is 23.4 Å². The molecular weight excluding hydrogens is 1030 g/mol. The molecule has 79 heavy (non-hydrogen) atoms. The van der Waals surface area contributed by atoms with Gasteiger partial charge in [-0.05, 0) is 78.4 Å². The second-order valence-electron chi connectivity index (χ2n) is 17.9. The molecule has 0 radical (unpaired) electrons. The summed E-state index contributed by atoms with van der Waals surface area (Å²) in [5.41, 5.74) is 8.73. The summed E-state index contributed by atoms with van der Waals surface area (Å²) >= 11 is 12.1. The minimum Gasteiger partial charge on any atom is -0.506 e. The van der Waals surface area contributed by atoms with E-state index in [0.29, 0.717) is 79.1 Å². The van der Waals surface area contributed by atoms with Crippen LogP contribution >= 0.6 is 23.2 Å². The molecule has 6 aromatic heterocycles. The second-order valence-corrected chi connectivity index (χ2v) is 18.8. The van der Waals surface area contributed by atoms with Gasteiger partial charge in [-0.1, -0.05) is 126 Å². The minimum absolute atomic E-state index is 0.0550. The molecule has 6 heterocycles. The monoisotopic (exact) mass is 1070 g/mol. The summed E-state index contributed by atoms with van der Waals surface area (Å²) in [7, 11) is 0. The van der Waals surface area contributed by atoms with Crippen LogP contribution in [0, 0.1) is 0 Å². The summed E-state index contributed by atoms with van der Waals surface area (Å²) in [5, 5.41) is 39.7. The number of halogens is 2. The number of fused-ring (bicyclic) bond motifs is 4. The number of rotatable bonds is 13. The molecule has 13 aromatic rings. The highest BCUT2D eigenvalue weighted by atomic mass is 35.5. The predicted octanol–water partition coefficient (Wildman–Crippen LogP) is 16.1. The first kappa shape index (κ1) is 49.6. The maximum atomic E-state index is 9.65. The third-order valence-corrected chi connectivity index (χ3v) is 13.1. The average Bonchev–Trinajstić information content (AvgIpc) is 3.55. The number of hydrogen-bond donors (Lipinski definition) is 3. The van der Waals surface area contributed by atoms with Gasteiger partial charge in [-0.3, -0.25) is 9.97 Å². The van der Waals surface area contributed by atoms with Crippen LogP contribution in [-0.4, -0.2) is 45.4 Å². The van der Waals surface area contributed by atoms with E-state index in [2.05, 4.69) is 51.0 Å². The van der Waals surface area contributed by atoms with Crippen molar-refractivity contribution in [1.82, 2.24) is 40.3 Å². The van der Waals surface area contributed by atoms with E-state index in [1.807, 2.05) is 182 Å². The molecule has 0 unspecified atom stereocenters. The molecular formula is C63H42Cl2N10O4. The maximum Gasteiger partial charge on any atom is 0.161 e. The summed E-state index contributed by atoms with van der Waals surface area (Å²) in [6, 6.07) is 63.4. The zero-order valence-electron chi connectivity index (χ0n) is 41.6. The molecule has 0 saturated heterocycles. The fourth-order valence-corrected chi connectivity index (χ4v) is 8.99. The van der Waals surface area contributed by atoms with Gasteiger partial charge in [-0.25, -0.2) is 9.97 Å². The van der Waals surface area contributed by atoms with Crippen LogP contribution in [0.4, 0.5) is 23.0 Å². The van der Waals surface area contributed by atoms with Crippen molar-refractivity contribution < 1.29 is 19.3 Å². The van der Waals surface area contributed by atoms with Crippen molar-refractivity contribution in [2.75, 3.05) is 10.6 Å². The standard InChI is InChI=1S/C35H24ClN5O2.C28H18ClN5O2/c36-25-12-10-24(11-13-25)33-29-8-4-5-9-30(29)35(41-40-33)39-26-14-16-27(17-15-26)43-32-18-19-37-31-20-28(21-38-34(31)32)42-22-23-6-2-1-3-7-23;29-18-7-5-17(6-8-18)26-22-3-1-2-4-23(22)28(34-33-26)32-19-9-11-21(12-10-19)36-25-13-14-30-24-15-20(35)16-31-27(24)25/h1-21H,22H2,(H,39,41);1-16,35H,(H,32,34). The van der Waals surface area contributed by atoms with Crippen LogP contribution in [0.3, 0.4) is 0 Å². The van der Waals surface area contributed by atoms with Gasteiger partial charge in [-0.15, -0.1) is 20.4 Å². The predicted molar refractivity (Wildman–Crippen MR) is 311 cm³/mol. The number of aromatic hydroxyl groups is 1. The first-order valence-corrected chi connectivity index (χ1v) is 25.6. The van der Waals surface area contributed by atoms with E-state index in [0.717, 1.165) is 61.0 Å². The number of pyridine rings is 4. The molecule has 0 fully saturated rings. The van der Waals surface area contributed by atoms with Crippen LogP contribution in [0.15, 0.2) is 225 Å². The smallest absolute Gasteiger partial charge is 0.161 e. The summed E-state index contributed by atoms with van der Waals surface area (Å²) in [4.78, 5) is 17.5. The highest BCUT2D eigenvalue weighted by molar-refractivity contribution is 6.31. The molecule has 13 rings (SSSR count). The Kier molecular flexibility index (Phi) is 14.1. The molecule has 3 N–H and O–H groups in total. The molecule has 0 saturated carbocycles. The number of nitrogens with one attached hydrogen (secondary N) is 2. The number of aromatic nitrogens is 8. The van der Waals surface area contributed by atoms with Gasteiger partial charge in [-0.2, -0.15) is 0 Å². The third-order valence-electron chi connectivity index (χ3n) is 12.6. The summed E-state index contributed by atoms with van der Waals surface area (Å²) in [6.07, 6.45) is 6.38. The Morgan fingerprint density at radius 3 is 1.38 bits per heavy atom. The highest BCUT2D eigenvalue weighted by Gasteiger charge is 2.15. The molecule has 0 spiro atoms. The lowest BCUT2D eigenvalue weighted by atomic mass is 10.0. The van der Waals surface area contributed by atoms with E-state index in [4.69, 9.17) is 37.4 Å². The molecule has 382 valence electrons. The van der Waals surface area contributed by atoms with Crippen LogP contribution in [0.1, 0.15) is 5.56 Å². The van der Waals surface area contributed by atoms with Crippen LogP contribution < -0.4 is 24.8 Å². The molecule has 7 aromatic carbocycles. The lowest BCUT2D eigenvalue weighted by molar-refractivity contribution is 0.305. The fraction of sp³-hybridized carbons (Fsp3) is 0.0159. The molecule has 0 amide bonds. The van der Waals surface area contributed by atoms with Crippen molar-refractivity contribution >= 4 is 89.8 Å². The Morgan fingerprint density at radius 2 is 0.873 bits per heavy atom. The van der Waals surface area contributed by atoms with Crippen molar-refractivity contribution in [2.24, 2.45) is 0 Å². The van der Waals surface area contributed by atoms with Crippen molar-refractivity contribution in [2.45, 2.75) is 6.61 Å². The molecule has 14 nitrogen and oxygen atoms in total. The van der Waals surface area contributed by atoms with Gasteiger partial charge in [0.25, 0.3) is 0 Å². The van der Waals surface area contributed by atoms with Gasteiger partial charge >= 0.3 is 0 Å². The summed E-state index contributed by atoms with van der Waals surface area (Å²) in [5.74, 6) is 4.48. The number of benzene rings is 7. The molecule has 0 bridgehead atoms. The average molecular weight is 1070 g/mol. The number of ether oxygens (including phenoxy) is 3. The van der Waals surface area contributed by atoms with Crippen molar-refractivity contribution in [3.63, 3.8) is 0 Å². The van der Waals surface area contributed by atoms with E-state index < -0.39 is 0 Å². The molecule has 0 aliphatic carbocycles. The van der Waals surface area contributed by atoms with E-state index in [1.54, 1.807) is 36.8 Å². The first-order valence-electron chi connectivity index (χ1n) is 24.8. The lowest BCUT2D eigenvalue weighted by Gasteiger charge is -2.12. The Labute approximate surface area is 462 Å². The maximum absolute atomic E-state index is 9.65. The molecule has 0 aliphatic heterocycles. The summed E-state index contributed by atoms with van der Waals surface area (Å²) in [6.45, 7) is 0.457. The highest BCUT2D eigenvalue weighted by Crippen LogP contribution is 2.36. The first-order chi connectivity index (χ1) is 38.8. The topological polar surface area (TPSA) is 175 Å². The lowest BCUT2D eigenvalue weighted by Crippen LogP contribution is -1.99. The second kappa shape index (κ2) is 22.5. The van der Waals surface area contributed by atoms with Gasteiger partial charge in [0.2, 0.25) is 0 Å². The van der Waals surface area contributed by atoms with Crippen molar-refractivity contribution in [3.05, 3.63) is 241 Å². The van der Waals surface area contributed by atoms with E-state index in [9.17, 15) is 5.11 Å². The van der Waals surface area contributed by atoms with E-state index in [-0.39, 0.29) is 5.75 Å². The van der Waals surface area contributed by atoms with E-state index in [1.165, 1.54) is 6.20 Å². The number of hydrogen-bond acceptors (Lipinski definition) is 14. The number of nitrogens with zero attached hydrogens (tertiary/aromatic N) is 8. The molecule has 0 aliphatic rings. The molecule has 0 atom stereocenters. The Balaban J connectivity index is 0.000000160. The van der Waals surface area contributed by atoms with Crippen molar-refractivity contribution in [3.8, 4) is 57.0 Å². The van der Waals surface area contributed by atoms with Crippen LogP contribution in [0.25, 0.3) is 66.1 Å². The largest absolute Gasteiger partial charge is 0.506 e. The van der Waals surface area contributed by atoms with E-state index >= 15 is 0 Å². The summed E-state index contributed by atoms with van der Waals surface area (Å²) < 4.78 is 18.1. The van der Waals surface area contributed by atoms with Gasteiger partial charge in [0.15, 0.2) is 23.1 Å². The normalized spacial score (nSPS) is 11.0. The minimum atomic E-state index is 0.0550. The zero-order valence-corrected chi connectivity index (χ0v) is 43.1. The zero-order chi connectivity index (χ0) is 53.5. The van der Waals surface area contributed by atoms with Crippen LogP contribution in [-0.2, 0) is 6.61 Å². The van der Waals surface area contributed by atoms with Gasteiger partial charge in [0, 0.05) is 90.8 Å². The fourth-order valence-electron chi connectivity index (χ4n) is 8.74. The Morgan fingerprint density at radius 1 is 0.418 bits per heavy atom. The molecule has 16 heteroatoms. The SMILES string of the molecule is Clc1ccc(-c2nnc(Nc3ccc(Oc4ccnc5cc(OCc6ccccc6)cnc45)cc3)c3ccccc23)cc1.Oc1cnc2c(Oc3ccc(Nc4nnc(-c5ccc(Cl)cc5)c5ccccc45)cc3)ccnc2c1. The van der Waals surface area contributed by atoms with Crippen LogP contribution in [0.5, 0.6) is 34.5 Å². The number of anilines is 4. The van der Waals surface area contributed by atoms with Crippen molar-refractivity contribution in [1.29, 1.82) is 0 Å². The van der Waals surface area contributed by atoms with Crippen LogP contribution in [0.2, 0.25) is 10.0 Å². The van der Waals surface area contributed by atoms with Gasteiger partial charge < -0.3 is 30.0 Å². The van der Waals surface area contributed by atoms with Gasteiger partial charge in [0.1, 0.15) is 52.0 Å².